The minimum Gasteiger partial charge on any atom is -0.478 e. The Balaban J connectivity index is 2.12. The summed E-state index contributed by atoms with van der Waals surface area (Å²) in [5.41, 5.74) is 1.93. The van der Waals surface area contributed by atoms with Crippen molar-refractivity contribution in [3.8, 4) is 0 Å². The van der Waals surface area contributed by atoms with Gasteiger partial charge in [0, 0.05) is 24.0 Å². The SMILES string of the molecule is CSC(C)CNC(=O)N1CCc2ccc(C(=O)O)cc21. The summed E-state index contributed by atoms with van der Waals surface area (Å²) in [4.78, 5) is 24.8. The van der Waals surface area contributed by atoms with Crippen LogP contribution in [0.5, 0.6) is 0 Å². The van der Waals surface area contributed by atoms with Gasteiger partial charge in [-0.1, -0.05) is 13.0 Å². The Morgan fingerprint density at radius 2 is 2.25 bits per heavy atom. The van der Waals surface area contributed by atoms with Crippen LogP contribution in [0.25, 0.3) is 0 Å². The third-order valence-corrected chi connectivity index (χ3v) is 4.39. The summed E-state index contributed by atoms with van der Waals surface area (Å²) >= 11 is 1.69. The number of nitrogens with one attached hydrogen (secondary N) is 1. The van der Waals surface area contributed by atoms with Crippen LogP contribution in [-0.4, -0.2) is 41.7 Å². The van der Waals surface area contributed by atoms with Crippen LogP contribution in [0.2, 0.25) is 0 Å². The molecule has 1 aromatic rings. The first-order valence-electron chi connectivity index (χ1n) is 6.47. The number of hydrogen-bond donors (Lipinski definition) is 2. The van der Waals surface area contributed by atoms with E-state index in [-0.39, 0.29) is 11.6 Å². The number of aromatic carboxylic acids is 1. The third-order valence-electron chi connectivity index (χ3n) is 3.42. The van der Waals surface area contributed by atoms with Gasteiger partial charge < -0.3 is 10.4 Å². The number of carbonyl (C=O) groups excluding carboxylic acids is 1. The highest BCUT2D eigenvalue weighted by atomic mass is 32.2. The van der Waals surface area contributed by atoms with Gasteiger partial charge in [-0.3, -0.25) is 4.90 Å². The average Bonchev–Trinajstić information content (AvgIpc) is 2.87. The lowest BCUT2D eigenvalue weighted by molar-refractivity contribution is 0.0697. The number of urea groups is 1. The van der Waals surface area contributed by atoms with Gasteiger partial charge in [0.25, 0.3) is 0 Å². The molecule has 0 fully saturated rings. The number of hydrogen-bond acceptors (Lipinski definition) is 3. The molecule has 0 saturated heterocycles. The third kappa shape index (κ3) is 3.07. The van der Waals surface area contributed by atoms with E-state index in [2.05, 4.69) is 5.32 Å². The Morgan fingerprint density at radius 1 is 1.50 bits per heavy atom. The topological polar surface area (TPSA) is 69.6 Å². The van der Waals surface area contributed by atoms with Crippen LogP contribution in [0, 0.1) is 0 Å². The van der Waals surface area contributed by atoms with Crippen molar-refractivity contribution in [2.75, 3.05) is 24.2 Å². The molecule has 1 aromatic carbocycles. The van der Waals surface area contributed by atoms with Gasteiger partial charge in [-0.15, -0.1) is 0 Å². The number of amides is 2. The van der Waals surface area contributed by atoms with Crippen molar-refractivity contribution < 1.29 is 14.7 Å². The summed E-state index contributed by atoms with van der Waals surface area (Å²) in [7, 11) is 0. The van der Waals surface area contributed by atoms with Gasteiger partial charge in [0.2, 0.25) is 0 Å². The smallest absolute Gasteiger partial charge is 0.335 e. The minimum absolute atomic E-state index is 0.160. The Morgan fingerprint density at radius 3 is 2.90 bits per heavy atom. The summed E-state index contributed by atoms with van der Waals surface area (Å²) in [5.74, 6) is -0.976. The first-order valence-corrected chi connectivity index (χ1v) is 7.76. The second-order valence-electron chi connectivity index (χ2n) is 4.78. The van der Waals surface area contributed by atoms with E-state index in [9.17, 15) is 9.59 Å². The highest BCUT2D eigenvalue weighted by Crippen LogP contribution is 2.29. The van der Waals surface area contributed by atoms with Gasteiger partial charge in [-0.05, 0) is 30.4 Å². The van der Waals surface area contributed by atoms with Crippen molar-refractivity contribution in [3.63, 3.8) is 0 Å². The first-order chi connectivity index (χ1) is 9.52. The summed E-state index contributed by atoms with van der Waals surface area (Å²) < 4.78 is 0. The monoisotopic (exact) mass is 294 g/mol. The fourth-order valence-corrected chi connectivity index (χ4v) is 2.38. The number of thioether (sulfide) groups is 1. The molecule has 0 aromatic heterocycles. The zero-order valence-electron chi connectivity index (χ0n) is 11.5. The summed E-state index contributed by atoms with van der Waals surface area (Å²) in [5, 5.41) is 12.3. The van der Waals surface area contributed by atoms with Crippen LogP contribution in [-0.2, 0) is 6.42 Å². The lowest BCUT2D eigenvalue weighted by Gasteiger charge is -2.19. The van der Waals surface area contributed by atoms with E-state index in [4.69, 9.17) is 5.11 Å². The van der Waals surface area contributed by atoms with Crippen LogP contribution in [0.15, 0.2) is 18.2 Å². The average molecular weight is 294 g/mol. The fourth-order valence-electron chi connectivity index (χ4n) is 2.13. The molecule has 1 atom stereocenters. The molecule has 5 nitrogen and oxygen atoms in total. The van der Waals surface area contributed by atoms with E-state index in [1.165, 1.54) is 0 Å². The van der Waals surface area contributed by atoms with Crippen LogP contribution in [0.3, 0.4) is 0 Å². The quantitative estimate of drug-likeness (QED) is 0.893. The van der Waals surface area contributed by atoms with Gasteiger partial charge in [-0.2, -0.15) is 11.8 Å². The number of nitrogens with zero attached hydrogens (tertiary/aromatic N) is 1. The lowest BCUT2D eigenvalue weighted by atomic mass is 10.1. The number of carbonyl (C=O) groups is 2. The summed E-state index contributed by atoms with van der Waals surface area (Å²) in [6, 6.07) is 4.78. The molecular weight excluding hydrogens is 276 g/mol. The summed E-state index contributed by atoms with van der Waals surface area (Å²) in [6.45, 7) is 3.24. The number of rotatable bonds is 4. The maximum Gasteiger partial charge on any atom is 0.335 e. The molecule has 2 rings (SSSR count). The molecule has 1 aliphatic rings. The normalized spacial score (nSPS) is 14.8. The van der Waals surface area contributed by atoms with Gasteiger partial charge in [0.15, 0.2) is 0 Å². The molecule has 6 heteroatoms. The highest BCUT2D eigenvalue weighted by Gasteiger charge is 2.25. The van der Waals surface area contributed by atoms with Crippen LogP contribution in [0.1, 0.15) is 22.8 Å². The predicted octanol–water partition coefficient (Wildman–Crippen LogP) is 2.21. The van der Waals surface area contributed by atoms with Crippen LogP contribution < -0.4 is 10.2 Å². The molecule has 2 N–H and O–H groups in total. The van der Waals surface area contributed by atoms with Gasteiger partial charge in [-0.25, -0.2) is 9.59 Å². The van der Waals surface area contributed by atoms with E-state index in [1.54, 1.807) is 34.9 Å². The first kappa shape index (κ1) is 14.7. The number of fused-ring (bicyclic) bond motifs is 1. The van der Waals surface area contributed by atoms with Crippen molar-refractivity contribution >= 4 is 29.4 Å². The second-order valence-corrected chi connectivity index (χ2v) is 6.06. The van der Waals surface area contributed by atoms with E-state index >= 15 is 0 Å². The highest BCUT2D eigenvalue weighted by molar-refractivity contribution is 7.99. The number of carboxylic acids is 1. The second kappa shape index (κ2) is 6.17. The fraction of sp³-hybridized carbons (Fsp3) is 0.429. The van der Waals surface area contributed by atoms with Crippen molar-refractivity contribution in [2.24, 2.45) is 0 Å². The number of carboxylic acid groups (broad SMARTS) is 1. The minimum atomic E-state index is -0.976. The van der Waals surface area contributed by atoms with Gasteiger partial charge >= 0.3 is 12.0 Å². The van der Waals surface area contributed by atoms with Crippen molar-refractivity contribution in [2.45, 2.75) is 18.6 Å². The van der Waals surface area contributed by atoms with Crippen molar-refractivity contribution in [1.29, 1.82) is 0 Å². The van der Waals surface area contributed by atoms with E-state index in [0.29, 0.717) is 24.0 Å². The van der Waals surface area contributed by atoms with Crippen molar-refractivity contribution in [1.82, 2.24) is 5.32 Å². The van der Waals surface area contributed by atoms with Gasteiger partial charge in [0.1, 0.15) is 0 Å². The molecule has 0 saturated carbocycles. The molecule has 0 spiro atoms. The Hall–Kier alpha value is -1.69. The number of anilines is 1. The van der Waals surface area contributed by atoms with Crippen LogP contribution >= 0.6 is 11.8 Å². The Labute approximate surface area is 122 Å². The molecule has 0 radical (unpaired) electrons. The van der Waals surface area contributed by atoms with Gasteiger partial charge in [0.05, 0.1) is 5.56 Å². The predicted molar refractivity (Wildman–Crippen MR) is 80.8 cm³/mol. The van der Waals surface area contributed by atoms with E-state index in [1.807, 2.05) is 13.2 Å². The molecule has 2 amide bonds. The van der Waals surface area contributed by atoms with E-state index < -0.39 is 5.97 Å². The zero-order valence-corrected chi connectivity index (χ0v) is 12.4. The largest absolute Gasteiger partial charge is 0.478 e. The van der Waals surface area contributed by atoms with E-state index in [0.717, 1.165) is 12.0 Å². The molecule has 1 unspecified atom stereocenters. The standard InChI is InChI=1S/C14H18N2O3S/c1-9(20-2)8-15-14(19)16-6-5-10-3-4-11(13(17)18)7-12(10)16/h3-4,7,9H,5-6,8H2,1-2H3,(H,15,19)(H,17,18). The molecule has 1 aliphatic heterocycles. The Bertz CT molecular complexity index is 533. The maximum atomic E-state index is 12.2. The maximum absolute atomic E-state index is 12.2. The van der Waals surface area contributed by atoms with Crippen LogP contribution in [0.4, 0.5) is 10.5 Å². The lowest BCUT2D eigenvalue weighted by Crippen LogP contribution is -2.41. The molecule has 0 aliphatic carbocycles. The molecular formula is C14H18N2O3S. The number of benzene rings is 1. The molecule has 0 bridgehead atoms. The molecule has 1 heterocycles. The molecule has 108 valence electrons. The zero-order chi connectivity index (χ0) is 14.7. The molecule has 20 heavy (non-hydrogen) atoms. The van der Waals surface area contributed by atoms with Crippen molar-refractivity contribution in [3.05, 3.63) is 29.3 Å². The Kier molecular flexibility index (Phi) is 4.54. The summed E-state index contributed by atoms with van der Waals surface area (Å²) in [6.07, 6.45) is 2.77.